The maximum atomic E-state index is 14.1. The van der Waals surface area contributed by atoms with Crippen LogP contribution in [0.5, 0.6) is 17.2 Å². The molecule has 0 saturated heterocycles. The molecule has 110 valence electrons. The lowest BCUT2D eigenvalue weighted by atomic mass is 10.2. The predicted octanol–water partition coefficient (Wildman–Crippen LogP) is 3.88. The zero-order chi connectivity index (χ0) is 14.7. The van der Waals surface area contributed by atoms with Gasteiger partial charge in [0.2, 0.25) is 0 Å². The second-order valence-corrected chi connectivity index (χ2v) is 5.20. The third kappa shape index (κ3) is 3.73. The summed E-state index contributed by atoms with van der Waals surface area (Å²) >= 11 is 0. The molecule has 0 bridgehead atoms. The lowest BCUT2D eigenvalue weighted by molar-refractivity contribution is 0.405. The van der Waals surface area contributed by atoms with Crippen molar-refractivity contribution in [2.45, 2.75) is 25.4 Å². The number of nitrogens with one attached hydrogen (secondary N) is 1. The van der Waals surface area contributed by atoms with Crippen LogP contribution in [-0.2, 0) is 6.54 Å². The maximum absolute atomic E-state index is 14.1. The average Bonchev–Trinajstić information content (AvgIpc) is 3.32. The van der Waals surface area contributed by atoms with Crippen LogP contribution in [0.15, 0.2) is 42.5 Å². The van der Waals surface area contributed by atoms with Gasteiger partial charge in [-0.05, 0) is 42.7 Å². The minimum Gasteiger partial charge on any atom is -0.497 e. The minimum atomic E-state index is -0.354. The van der Waals surface area contributed by atoms with Gasteiger partial charge in [0, 0.05) is 18.7 Å². The van der Waals surface area contributed by atoms with Gasteiger partial charge in [-0.2, -0.15) is 0 Å². The van der Waals surface area contributed by atoms with E-state index in [0.29, 0.717) is 24.1 Å². The summed E-state index contributed by atoms with van der Waals surface area (Å²) in [4.78, 5) is 0. The highest BCUT2D eigenvalue weighted by Gasteiger charge is 2.20. The molecule has 1 N–H and O–H groups in total. The van der Waals surface area contributed by atoms with Gasteiger partial charge in [-0.1, -0.05) is 12.1 Å². The van der Waals surface area contributed by atoms with Gasteiger partial charge in [-0.15, -0.1) is 0 Å². The van der Waals surface area contributed by atoms with Crippen molar-refractivity contribution in [3.05, 3.63) is 53.8 Å². The van der Waals surface area contributed by atoms with Crippen LogP contribution in [0, 0.1) is 5.82 Å². The molecule has 2 aromatic carbocycles. The van der Waals surface area contributed by atoms with Crippen molar-refractivity contribution in [2.75, 3.05) is 7.11 Å². The molecular formula is C17H18FNO2. The van der Waals surface area contributed by atoms with Crippen LogP contribution in [0.2, 0.25) is 0 Å². The van der Waals surface area contributed by atoms with Crippen molar-refractivity contribution in [1.29, 1.82) is 0 Å². The second-order valence-electron chi connectivity index (χ2n) is 5.20. The van der Waals surface area contributed by atoms with Gasteiger partial charge in [0.1, 0.15) is 11.5 Å². The first-order valence-electron chi connectivity index (χ1n) is 7.08. The van der Waals surface area contributed by atoms with E-state index in [-0.39, 0.29) is 11.6 Å². The lowest BCUT2D eigenvalue weighted by Gasteiger charge is -2.10. The van der Waals surface area contributed by atoms with Crippen molar-refractivity contribution in [2.24, 2.45) is 0 Å². The Bertz CT molecular complexity index is 626. The Kier molecular flexibility index (Phi) is 4.06. The van der Waals surface area contributed by atoms with Crippen LogP contribution in [0.25, 0.3) is 0 Å². The average molecular weight is 287 g/mol. The summed E-state index contributed by atoms with van der Waals surface area (Å²) in [6, 6.07) is 12.8. The number of halogens is 1. The largest absolute Gasteiger partial charge is 0.497 e. The van der Waals surface area contributed by atoms with Crippen LogP contribution in [0.1, 0.15) is 18.4 Å². The van der Waals surface area contributed by atoms with Gasteiger partial charge in [0.05, 0.1) is 7.11 Å². The van der Waals surface area contributed by atoms with Crippen molar-refractivity contribution in [1.82, 2.24) is 5.32 Å². The molecule has 0 unspecified atom stereocenters. The molecule has 1 saturated carbocycles. The number of benzene rings is 2. The summed E-state index contributed by atoms with van der Waals surface area (Å²) in [5.74, 6) is 1.10. The fourth-order valence-corrected chi connectivity index (χ4v) is 2.08. The molecular weight excluding hydrogens is 269 g/mol. The van der Waals surface area contributed by atoms with Crippen LogP contribution in [0.4, 0.5) is 4.39 Å². The molecule has 0 aromatic heterocycles. The summed E-state index contributed by atoms with van der Waals surface area (Å²) in [5.41, 5.74) is 0.928. The lowest BCUT2D eigenvalue weighted by Crippen LogP contribution is -2.15. The highest BCUT2D eigenvalue weighted by Crippen LogP contribution is 2.28. The molecule has 0 atom stereocenters. The Morgan fingerprint density at radius 2 is 1.95 bits per heavy atom. The van der Waals surface area contributed by atoms with Crippen LogP contribution < -0.4 is 14.8 Å². The summed E-state index contributed by atoms with van der Waals surface area (Å²) in [5, 5.41) is 3.36. The number of hydrogen-bond acceptors (Lipinski definition) is 3. The first-order valence-corrected chi connectivity index (χ1v) is 7.08. The molecule has 1 fully saturated rings. The Balaban J connectivity index is 1.69. The molecule has 0 radical (unpaired) electrons. The number of hydrogen-bond donors (Lipinski definition) is 1. The van der Waals surface area contributed by atoms with Crippen molar-refractivity contribution < 1.29 is 13.9 Å². The zero-order valence-electron chi connectivity index (χ0n) is 11.9. The molecule has 0 aliphatic heterocycles. The minimum absolute atomic E-state index is 0.221. The SMILES string of the molecule is COc1cccc(Oc2ccc(CNC3CC3)cc2F)c1. The summed E-state index contributed by atoms with van der Waals surface area (Å²) in [6.07, 6.45) is 2.44. The quantitative estimate of drug-likeness (QED) is 0.874. The molecule has 21 heavy (non-hydrogen) atoms. The normalized spacial score (nSPS) is 14.0. The molecule has 3 rings (SSSR count). The molecule has 0 heterocycles. The van der Waals surface area contributed by atoms with E-state index in [2.05, 4.69) is 5.32 Å². The monoisotopic (exact) mass is 287 g/mol. The first-order chi connectivity index (χ1) is 10.2. The highest BCUT2D eigenvalue weighted by atomic mass is 19.1. The van der Waals surface area contributed by atoms with E-state index >= 15 is 0 Å². The van der Waals surface area contributed by atoms with Gasteiger partial charge in [-0.3, -0.25) is 0 Å². The summed E-state index contributed by atoms with van der Waals surface area (Å²) in [7, 11) is 1.58. The van der Waals surface area contributed by atoms with Crippen LogP contribution >= 0.6 is 0 Å². The Hall–Kier alpha value is -2.07. The summed E-state index contributed by atoms with van der Waals surface area (Å²) < 4.78 is 24.8. The van der Waals surface area contributed by atoms with E-state index < -0.39 is 0 Å². The van der Waals surface area contributed by atoms with E-state index in [1.165, 1.54) is 18.9 Å². The smallest absolute Gasteiger partial charge is 0.166 e. The Morgan fingerprint density at radius 1 is 1.14 bits per heavy atom. The third-order valence-corrected chi connectivity index (χ3v) is 3.44. The van der Waals surface area contributed by atoms with Crippen LogP contribution in [-0.4, -0.2) is 13.2 Å². The molecule has 0 spiro atoms. The van der Waals surface area contributed by atoms with E-state index in [9.17, 15) is 4.39 Å². The fourth-order valence-electron chi connectivity index (χ4n) is 2.08. The molecule has 2 aromatic rings. The molecule has 1 aliphatic carbocycles. The van der Waals surface area contributed by atoms with Crippen molar-refractivity contribution >= 4 is 0 Å². The van der Waals surface area contributed by atoms with Gasteiger partial charge in [0.15, 0.2) is 11.6 Å². The van der Waals surface area contributed by atoms with E-state index in [1.54, 1.807) is 31.4 Å². The zero-order valence-corrected chi connectivity index (χ0v) is 11.9. The standard InChI is InChI=1S/C17H18FNO2/c1-20-14-3-2-4-15(10-14)21-17-8-5-12(9-16(17)18)11-19-13-6-7-13/h2-5,8-10,13,19H,6-7,11H2,1H3. The van der Waals surface area contributed by atoms with Gasteiger partial charge in [-0.25, -0.2) is 4.39 Å². The number of ether oxygens (including phenoxy) is 2. The third-order valence-electron chi connectivity index (χ3n) is 3.44. The fraction of sp³-hybridized carbons (Fsp3) is 0.294. The number of rotatable bonds is 6. The van der Waals surface area contributed by atoms with E-state index in [0.717, 1.165) is 5.56 Å². The Labute approximate surface area is 123 Å². The predicted molar refractivity (Wildman–Crippen MR) is 79.3 cm³/mol. The molecule has 0 amide bonds. The van der Waals surface area contributed by atoms with Gasteiger partial charge < -0.3 is 14.8 Å². The maximum Gasteiger partial charge on any atom is 0.166 e. The summed E-state index contributed by atoms with van der Waals surface area (Å²) in [6.45, 7) is 0.695. The van der Waals surface area contributed by atoms with Gasteiger partial charge in [0.25, 0.3) is 0 Å². The number of methoxy groups -OCH3 is 1. The Morgan fingerprint density at radius 3 is 2.67 bits per heavy atom. The van der Waals surface area contributed by atoms with Crippen molar-refractivity contribution in [3.63, 3.8) is 0 Å². The van der Waals surface area contributed by atoms with Crippen LogP contribution in [0.3, 0.4) is 0 Å². The molecule has 4 heteroatoms. The van der Waals surface area contributed by atoms with E-state index in [1.807, 2.05) is 12.1 Å². The second kappa shape index (κ2) is 6.14. The highest BCUT2D eigenvalue weighted by molar-refractivity contribution is 5.38. The van der Waals surface area contributed by atoms with Crippen molar-refractivity contribution in [3.8, 4) is 17.2 Å². The molecule has 1 aliphatic rings. The first kappa shape index (κ1) is 13.9. The molecule has 3 nitrogen and oxygen atoms in total. The topological polar surface area (TPSA) is 30.5 Å². The van der Waals surface area contributed by atoms with E-state index in [4.69, 9.17) is 9.47 Å². The van der Waals surface area contributed by atoms with Gasteiger partial charge >= 0.3 is 0 Å².